The van der Waals surface area contributed by atoms with Crippen molar-refractivity contribution in [2.45, 2.75) is 70.2 Å². The van der Waals surface area contributed by atoms with Gasteiger partial charge in [-0.15, -0.1) is 0 Å². The van der Waals surface area contributed by atoms with Crippen LogP contribution in [0.3, 0.4) is 0 Å². The molecule has 6 nitrogen and oxygen atoms in total. The minimum Gasteiger partial charge on any atom is -0.444 e. The van der Waals surface area contributed by atoms with E-state index in [4.69, 9.17) is 16.3 Å². The molecule has 0 saturated carbocycles. The van der Waals surface area contributed by atoms with Crippen LogP contribution in [0.4, 0.5) is 19.4 Å². The van der Waals surface area contributed by atoms with Crippen LogP contribution >= 0.6 is 34.2 Å². The van der Waals surface area contributed by atoms with Crippen LogP contribution in [0.5, 0.6) is 0 Å². The summed E-state index contributed by atoms with van der Waals surface area (Å²) in [4.78, 5) is 24.7. The Labute approximate surface area is 197 Å². The van der Waals surface area contributed by atoms with Crippen molar-refractivity contribution in [3.05, 3.63) is 26.1 Å². The first-order valence-corrected chi connectivity index (χ1v) is 11.8. The molecule has 1 aromatic carbocycles. The molecule has 2 saturated heterocycles. The van der Waals surface area contributed by atoms with Crippen molar-refractivity contribution in [1.29, 1.82) is 0 Å². The fraction of sp³-hybridized carbons (Fsp3) is 0.571. The molecule has 0 aliphatic carbocycles. The van der Waals surface area contributed by atoms with Gasteiger partial charge in [0.15, 0.2) is 5.82 Å². The first-order valence-electron chi connectivity index (χ1n) is 10.4. The highest BCUT2D eigenvalue weighted by Crippen LogP contribution is 2.46. The zero-order valence-corrected chi connectivity index (χ0v) is 20.3. The number of aromatic nitrogens is 2. The van der Waals surface area contributed by atoms with Gasteiger partial charge in [0.25, 0.3) is 0 Å². The van der Waals surface area contributed by atoms with Crippen LogP contribution < -0.4 is 4.90 Å². The molecule has 0 radical (unpaired) electrons. The number of nitrogens with zero attached hydrogens (tertiary/aromatic N) is 4. The van der Waals surface area contributed by atoms with Gasteiger partial charge in [0.1, 0.15) is 16.9 Å². The number of ether oxygens (including phenoxy) is 1. The molecule has 2 bridgehead atoms. The zero-order chi connectivity index (χ0) is 22.2. The van der Waals surface area contributed by atoms with E-state index in [9.17, 15) is 13.6 Å². The third-order valence-corrected chi connectivity index (χ3v) is 8.14. The Morgan fingerprint density at radius 2 is 1.94 bits per heavy atom. The molecule has 1 amide bonds. The van der Waals surface area contributed by atoms with Crippen LogP contribution in [0.25, 0.3) is 10.9 Å². The molecule has 5 rings (SSSR count). The van der Waals surface area contributed by atoms with Gasteiger partial charge in [0.05, 0.1) is 32.1 Å². The number of halogens is 4. The summed E-state index contributed by atoms with van der Waals surface area (Å²) in [5, 5.41) is 0.813. The van der Waals surface area contributed by atoms with Gasteiger partial charge >= 0.3 is 12.2 Å². The maximum absolute atomic E-state index is 15.0. The Morgan fingerprint density at radius 3 is 2.65 bits per heavy atom. The monoisotopic (exact) mass is 562 g/mol. The molecule has 0 N–H and O–H groups in total. The van der Waals surface area contributed by atoms with Crippen LogP contribution in [0.2, 0.25) is 5.02 Å². The molecule has 4 heterocycles. The minimum atomic E-state index is -0.965. The average Bonchev–Trinajstić information content (AvgIpc) is 2.91. The Morgan fingerprint density at radius 1 is 1.19 bits per heavy atom. The number of aryl methyl sites for hydroxylation is 1. The highest BCUT2D eigenvalue weighted by molar-refractivity contribution is 14.1. The predicted molar refractivity (Wildman–Crippen MR) is 122 cm³/mol. The van der Waals surface area contributed by atoms with Crippen molar-refractivity contribution in [2.24, 2.45) is 0 Å². The number of carbonyl (C=O) groups is 1. The first-order chi connectivity index (χ1) is 14.6. The second-order valence-electron chi connectivity index (χ2n) is 9.40. The number of hydrogen-bond acceptors (Lipinski definition) is 5. The standard InChI is InChI=1S/C21H22ClF2IN4O2/c1-21(2,3)31-20(30)29-9-4-6-12(29)11-7-5-10-13-17(15(23)16(25)14(10)22)26-19(24)27-18(13)28(11)8-9/h9,11-12H,4-8H2,1-3H3/t9-,11-,12+/m1/s1. The fourth-order valence-corrected chi connectivity index (χ4v) is 6.12. The van der Waals surface area contributed by atoms with Gasteiger partial charge in [-0.1, -0.05) is 11.6 Å². The van der Waals surface area contributed by atoms with E-state index >= 15 is 0 Å². The topological polar surface area (TPSA) is 58.6 Å². The van der Waals surface area contributed by atoms with Crippen molar-refractivity contribution in [2.75, 3.05) is 11.4 Å². The number of rotatable bonds is 0. The van der Waals surface area contributed by atoms with Crippen LogP contribution in [0.15, 0.2) is 0 Å². The lowest BCUT2D eigenvalue weighted by Gasteiger charge is -2.47. The number of carbonyl (C=O) groups excluding carboxylic acids is 1. The lowest BCUT2D eigenvalue weighted by atomic mass is 9.97. The molecule has 3 aliphatic rings. The van der Waals surface area contributed by atoms with Crippen molar-refractivity contribution < 1.29 is 18.3 Å². The molecule has 3 aliphatic heterocycles. The minimum absolute atomic E-state index is 0.0335. The summed E-state index contributed by atoms with van der Waals surface area (Å²) >= 11 is 8.36. The number of anilines is 1. The second-order valence-corrected chi connectivity index (χ2v) is 10.9. The van der Waals surface area contributed by atoms with Gasteiger partial charge < -0.3 is 9.64 Å². The Kier molecular flexibility index (Phi) is 5.00. The van der Waals surface area contributed by atoms with Crippen LogP contribution in [-0.2, 0) is 11.2 Å². The molecule has 10 heteroatoms. The number of amides is 1. The second kappa shape index (κ2) is 7.26. The van der Waals surface area contributed by atoms with E-state index in [2.05, 4.69) is 9.97 Å². The third kappa shape index (κ3) is 3.34. The number of fused-ring (bicyclic) bond motifs is 5. The van der Waals surface area contributed by atoms with Gasteiger partial charge in [-0.3, -0.25) is 4.90 Å². The van der Waals surface area contributed by atoms with Gasteiger partial charge in [0, 0.05) is 6.54 Å². The molecule has 2 aromatic rings. The molecule has 0 unspecified atom stereocenters. The van der Waals surface area contributed by atoms with E-state index in [0.717, 1.165) is 18.4 Å². The normalized spacial score (nSPS) is 24.9. The van der Waals surface area contributed by atoms with Gasteiger partial charge in [0.2, 0.25) is 0 Å². The van der Waals surface area contributed by atoms with E-state index in [1.54, 1.807) is 0 Å². The molecular weight excluding hydrogens is 541 g/mol. The Hall–Kier alpha value is -1.49. The quantitative estimate of drug-likeness (QED) is 0.255. The molecule has 166 valence electrons. The molecule has 2 fully saturated rings. The van der Waals surface area contributed by atoms with E-state index in [1.165, 1.54) is 0 Å². The van der Waals surface area contributed by atoms with E-state index in [-0.39, 0.29) is 33.3 Å². The summed E-state index contributed by atoms with van der Waals surface area (Å²) < 4.78 is 35.3. The van der Waals surface area contributed by atoms with E-state index < -0.39 is 17.5 Å². The lowest BCUT2D eigenvalue weighted by Crippen LogP contribution is -2.62. The summed E-state index contributed by atoms with van der Waals surface area (Å²) in [5.74, 6) is -0.251. The summed E-state index contributed by atoms with van der Waals surface area (Å²) in [6, 6.07) is -0.249. The van der Waals surface area contributed by atoms with Crippen molar-refractivity contribution in [3.8, 4) is 0 Å². The molecule has 0 spiro atoms. The third-order valence-electron chi connectivity index (χ3n) is 6.39. The fourth-order valence-electron chi connectivity index (χ4n) is 5.27. The van der Waals surface area contributed by atoms with Crippen molar-refractivity contribution in [3.63, 3.8) is 0 Å². The first kappa shape index (κ1) is 21.4. The summed E-state index contributed by atoms with van der Waals surface area (Å²) in [6.45, 7) is 6.04. The van der Waals surface area contributed by atoms with E-state index in [1.807, 2.05) is 53.2 Å². The molecule has 3 atom stereocenters. The van der Waals surface area contributed by atoms with Gasteiger partial charge in [-0.25, -0.2) is 9.18 Å². The number of benzene rings is 1. The van der Waals surface area contributed by atoms with Crippen LogP contribution in [0, 0.1) is 15.5 Å². The maximum Gasteiger partial charge on any atom is 0.410 e. The summed E-state index contributed by atoms with van der Waals surface area (Å²) in [6.07, 6.45) is 1.63. The Balaban J connectivity index is 1.62. The zero-order valence-electron chi connectivity index (χ0n) is 17.4. The van der Waals surface area contributed by atoms with Crippen molar-refractivity contribution in [1.82, 2.24) is 14.9 Å². The van der Waals surface area contributed by atoms with Crippen LogP contribution in [0.1, 0.15) is 45.6 Å². The Bertz CT molecular complexity index is 1110. The summed E-state index contributed by atoms with van der Waals surface area (Å²) in [7, 11) is 0. The highest BCUT2D eigenvalue weighted by Gasteiger charge is 2.51. The van der Waals surface area contributed by atoms with Crippen molar-refractivity contribution >= 4 is 57.0 Å². The largest absolute Gasteiger partial charge is 0.444 e. The lowest BCUT2D eigenvalue weighted by molar-refractivity contribution is 0.00721. The summed E-state index contributed by atoms with van der Waals surface area (Å²) in [5.41, 5.74) is 0.122. The number of piperazine rings is 1. The van der Waals surface area contributed by atoms with Crippen LogP contribution in [-0.4, -0.2) is 51.2 Å². The highest BCUT2D eigenvalue weighted by atomic mass is 127. The maximum atomic E-state index is 15.0. The SMILES string of the molecule is CC(C)(C)OC(=O)N1[C@@H]2CC[C@H]1[C@H]1CCc3c(Cl)c(I)c(F)c4nc(F)nc(c34)N1C2. The van der Waals surface area contributed by atoms with E-state index in [0.29, 0.717) is 35.6 Å². The number of hydrogen-bond donors (Lipinski definition) is 0. The average molecular weight is 563 g/mol. The molecule has 1 aromatic heterocycles. The predicted octanol–water partition coefficient (Wildman–Crippen LogP) is 5.07. The van der Waals surface area contributed by atoms with Gasteiger partial charge in [-0.05, 0) is 74.6 Å². The van der Waals surface area contributed by atoms with Gasteiger partial charge in [-0.2, -0.15) is 14.4 Å². The molecular formula is C21H22ClF2IN4O2. The molecule has 31 heavy (non-hydrogen) atoms. The smallest absolute Gasteiger partial charge is 0.410 e.